The van der Waals surface area contributed by atoms with Gasteiger partial charge < -0.3 is 5.73 Å². The molecular formula is C9H9BrClN3. The van der Waals surface area contributed by atoms with Crippen LogP contribution in [-0.4, -0.2) is 10.2 Å². The summed E-state index contributed by atoms with van der Waals surface area (Å²) >= 11 is 9.43. The van der Waals surface area contributed by atoms with Crippen LogP contribution in [0.5, 0.6) is 0 Å². The molecule has 0 fully saturated rings. The van der Waals surface area contributed by atoms with Gasteiger partial charge in [0, 0.05) is 0 Å². The molecule has 3 nitrogen and oxygen atoms in total. The van der Waals surface area contributed by atoms with Gasteiger partial charge in [-0.05, 0) is 22.9 Å². The monoisotopic (exact) mass is 273 g/mol. The molecule has 0 amide bonds. The highest BCUT2D eigenvalue weighted by Crippen LogP contribution is 2.33. The Hall–Kier alpha value is -0.740. The normalized spacial score (nSPS) is 16.4. The fraction of sp³-hybridized carbons (Fsp3) is 0.222. The molecule has 0 bridgehead atoms. The molecule has 0 atom stereocenters. The first-order valence-electron chi connectivity index (χ1n) is 4.23. The van der Waals surface area contributed by atoms with E-state index >= 15 is 0 Å². The summed E-state index contributed by atoms with van der Waals surface area (Å²) in [7, 11) is 0. The van der Waals surface area contributed by atoms with Gasteiger partial charge in [-0.3, -0.25) is 5.10 Å². The van der Waals surface area contributed by atoms with Crippen LogP contribution in [0.15, 0.2) is 16.6 Å². The van der Waals surface area contributed by atoms with Crippen molar-refractivity contribution in [3.8, 4) is 0 Å². The zero-order valence-corrected chi connectivity index (χ0v) is 9.69. The first kappa shape index (κ1) is 9.80. The third-order valence-corrected chi connectivity index (χ3v) is 3.18. The highest BCUT2D eigenvalue weighted by molar-refractivity contribution is 9.11. The smallest absolute Gasteiger partial charge is 0.138 e. The lowest BCUT2D eigenvalue weighted by atomic mass is 10.0. The molecule has 74 valence electrons. The molecular weight excluding hydrogens is 265 g/mol. The molecule has 14 heavy (non-hydrogen) atoms. The van der Waals surface area contributed by atoms with Crippen LogP contribution < -0.4 is 5.73 Å². The molecule has 1 aromatic rings. The van der Waals surface area contributed by atoms with Crippen LogP contribution in [0.3, 0.4) is 0 Å². The lowest BCUT2D eigenvalue weighted by Crippen LogP contribution is -1.91. The van der Waals surface area contributed by atoms with Crippen LogP contribution in [0.25, 0.3) is 5.57 Å². The Balaban J connectivity index is 2.37. The predicted molar refractivity (Wildman–Crippen MR) is 62.2 cm³/mol. The number of H-pyrrole nitrogens is 1. The molecule has 0 unspecified atom stereocenters. The van der Waals surface area contributed by atoms with E-state index < -0.39 is 0 Å². The van der Waals surface area contributed by atoms with Gasteiger partial charge in [-0.15, -0.1) is 0 Å². The molecule has 1 heterocycles. The number of hydrogen-bond donors (Lipinski definition) is 2. The summed E-state index contributed by atoms with van der Waals surface area (Å²) in [6.45, 7) is 0. The van der Waals surface area contributed by atoms with Crippen molar-refractivity contribution in [2.24, 2.45) is 0 Å². The van der Waals surface area contributed by atoms with Crippen LogP contribution in [0.1, 0.15) is 18.5 Å². The molecule has 1 aromatic heterocycles. The Kier molecular flexibility index (Phi) is 2.65. The number of aromatic amines is 1. The molecule has 0 spiro atoms. The number of halogens is 2. The molecule has 0 saturated carbocycles. The van der Waals surface area contributed by atoms with Crippen LogP contribution in [0.4, 0.5) is 5.82 Å². The summed E-state index contributed by atoms with van der Waals surface area (Å²) in [6, 6.07) is 0. The van der Waals surface area contributed by atoms with Crippen LogP contribution in [0, 0.1) is 0 Å². The number of nitrogen functional groups attached to an aromatic ring is 1. The van der Waals surface area contributed by atoms with E-state index in [9.17, 15) is 0 Å². The van der Waals surface area contributed by atoms with Crippen molar-refractivity contribution in [2.75, 3.05) is 5.73 Å². The highest BCUT2D eigenvalue weighted by atomic mass is 79.9. The van der Waals surface area contributed by atoms with Gasteiger partial charge in [-0.25, -0.2) is 0 Å². The van der Waals surface area contributed by atoms with E-state index in [0.717, 1.165) is 24.1 Å². The van der Waals surface area contributed by atoms with Crippen molar-refractivity contribution in [3.05, 3.63) is 27.4 Å². The second-order valence-corrected chi connectivity index (χ2v) is 4.50. The summed E-state index contributed by atoms with van der Waals surface area (Å²) in [5, 5.41) is 7.25. The maximum Gasteiger partial charge on any atom is 0.138 e. The fourth-order valence-electron chi connectivity index (χ4n) is 1.36. The number of aromatic nitrogens is 2. The zero-order chi connectivity index (χ0) is 10.1. The van der Waals surface area contributed by atoms with E-state index in [1.54, 1.807) is 0 Å². The number of allylic oxidation sites excluding steroid dienone is 4. The van der Waals surface area contributed by atoms with E-state index in [2.05, 4.69) is 26.1 Å². The molecule has 3 N–H and O–H groups in total. The molecule has 1 aliphatic rings. The Morgan fingerprint density at radius 1 is 1.43 bits per heavy atom. The summed E-state index contributed by atoms with van der Waals surface area (Å²) in [5.41, 5.74) is 7.45. The van der Waals surface area contributed by atoms with Crippen molar-refractivity contribution < 1.29 is 0 Å². The first-order chi connectivity index (χ1) is 6.68. The standard InChI is InChI=1S/C9H9BrClN3/c10-6-3-1-5(2-4-6)8-7(11)9(12)14-13-8/h1,3H,2,4H2,(H3,12,13,14). The van der Waals surface area contributed by atoms with E-state index in [-0.39, 0.29) is 0 Å². The van der Waals surface area contributed by atoms with Crippen LogP contribution in [0.2, 0.25) is 5.02 Å². The minimum atomic E-state index is 0.427. The summed E-state index contributed by atoms with van der Waals surface area (Å²) in [6.07, 6.45) is 5.94. The second kappa shape index (κ2) is 3.79. The zero-order valence-electron chi connectivity index (χ0n) is 7.35. The van der Waals surface area contributed by atoms with Gasteiger partial charge in [0.05, 0.1) is 0 Å². The maximum atomic E-state index is 5.99. The molecule has 0 radical (unpaired) electrons. The quantitative estimate of drug-likeness (QED) is 0.827. The van der Waals surface area contributed by atoms with E-state index in [1.807, 2.05) is 12.2 Å². The third-order valence-electron chi connectivity index (χ3n) is 2.14. The Morgan fingerprint density at radius 3 is 2.71 bits per heavy atom. The summed E-state index contributed by atoms with van der Waals surface area (Å²) in [4.78, 5) is 0. The van der Waals surface area contributed by atoms with Gasteiger partial charge in [-0.1, -0.05) is 39.7 Å². The molecule has 5 heteroatoms. The number of nitrogens with zero attached hydrogens (tertiary/aromatic N) is 1. The Morgan fingerprint density at radius 2 is 2.21 bits per heavy atom. The van der Waals surface area contributed by atoms with Gasteiger partial charge in [0.2, 0.25) is 0 Å². The van der Waals surface area contributed by atoms with Crippen molar-refractivity contribution in [3.63, 3.8) is 0 Å². The minimum absolute atomic E-state index is 0.427. The van der Waals surface area contributed by atoms with Gasteiger partial charge >= 0.3 is 0 Å². The van der Waals surface area contributed by atoms with Gasteiger partial charge in [0.25, 0.3) is 0 Å². The third kappa shape index (κ3) is 1.72. The molecule has 0 saturated heterocycles. The predicted octanol–water partition coefficient (Wildman–Crippen LogP) is 3.10. The topological polar surface area (TPSA) is 54.7 Å². The van der Waals surface area contributed by atoms with Crippen molar-refractivity contribution in [1.29, 1.82) is 0 Å². The second-order valence-electron chi connectivity index (χ2n) is 3.11. The average molecular weight is 275 g/mol. The molecule has 0 aliphatic heterocycles. The number of nitrogens with one attached hydrogen (secondary N) is 1. The van der Waals surface area contributed by atoms with E-state index in [4.69, 9.17) is 17.3 Å². The van der Waals surface area contributed by atoms with Gasteiger partial charge in [0.15, 0.2) is 0 Å². The molecule has 0 aromatic carbocycles. The van der Waals surface area contributed by atoms with Gasteiger partial charge in [0.1, 0.15) is 16.5 Å². The van der Waals surface area contributed by atoms with Crippen molar-refractivity contribution >= 4 is 38.9 Å². The van der Waals surface area contributed by atoms with Crippen LogP contribution >= 0.6 is 27.5 Å². The SMILES string of the molecule is Nc1[nH]nc(C2=CC=C(Br)CC2)c1Cl. The highest BCUT2D eigenvalue weighted by Gasteiger charge is 2.14. The number of hydrogen-bond acceptors (Lipinski definition) is 2. The van der Waals surface area contributed by atoms with Crippen molar-refractivity contribution in [1.82, 2.24) is 10.2 Å². The molecule has 1 aliphatic carbocycles. The largest absolute Gasteiger partial charge is 0.383 e. The maximum absolute atomic E-state index is 5.99. The Bertz CT molecular complexity index is 420. The Labute approximate surface area is 95.1 Å². The lowest BCUT2D eigenvalue weighted by molar-refractivity contribution is 1.01. The first-order valence-corrected chi connectivity index (χ1v) is 5.40. The van der Waals surface area contributed by atoms with Crippen LogP contribution in [-0.2, 0) is 0 Å². The summed E-state index contributed by atoms with van der Waals surface area (Å²) < 4.78 is 1.20. The van der Waals surface area contributed by atoms with E-state index in [0.29, 0.717) is 10.8 Å². The summed E-state index contributed by atoms with van der Waals surface area (Å²) in [5.74, 6) is 0.427. The molecule has 2 rings (SSSR count). The van der Waals surface area contributed by atoms with E-state index in [1.165, 1.54) is 4.48 Å². The number of rotatable bonds is 1. The minimum Gasteiger partial charge on any atom is -0.383 e. The fourth-order valence-corrected chi connectivity index (χ4v) is 1.90. The average Bonchev–Trinajstić information content (AvgIpc) is 2.50. The lowest BCUT2D eigenvalue weighted by Gasteiger charge is -2.08. The van der Waals surface area contributed by atoms with Crippen molar-refractivity contribution in [2.45, 2.75) is 12.8 Å². The van der Waals surface area contributed by atoms with Gasteiger partial charge in [-0.2, -0.15) is 5.10 Å². The number of nitrogens with two attached hydrogens (primary N) is 1. The number of anilines is 1.